The minimum atomic E-state index is -1.05. The maximum atomic E-state index is 11.6. The second-order valence-corrected chi connectivity index (χ2v) is 3.91. The fraction of sp³-hybridized carbons (Fsp3) is 0.0769. The lowest BCUT2D eigenvalue weighted by atomic mass is 10.2. The molecule has 2 rings (SSSR count). The molecule has 20 heavy (non-hydrogen) atoms. The highest BCUT2D eigenvalue weighted by Crippen LogP contribution is 2.10. The second kappa shape index (κ2) is 6.28. The summed E-state index contributed by atoms with van der Waals surface area (Å²) in [6, 6.07) is 9.00. The van der Waals surface area contributed by atoms with E-state index in [1.54, 1.807) is 30.5 Å². The highest BCUT2D eigenvalue weighted by atomic mass is 16.4. The maximum Gasteiger partial charge on any atom is 0.335 e. The van der Waals surface area contributed by atoms with Gasteiger partial charge in [-0.3, -0.25) is 0 Å². The van der Waals surface area contributed by atoms with Gasteiger partial charge in [0.05, 0.1) is 17.8 Å². The van der Waals surface area contributed by atoms with Crippen LogP contribution in [-0.2, 0) is 6.54 Å². The van der Waals surface area contributed by atoms with Crippen molar-refractivity contribution in [3.05, 3.63) is 53.9 Å². The van der Waals surface area contributed by atoms with Gasteiger partial charge in [-0.2, -0.15) is 10.2 Å². The lowest BCUT2D eigenvalue weighted by Crippen LogP contribution is -2.28. The summed E-state index contributed by atoms with van der Waals surface area (Å²) in [6.07, 6.45) is 1.54. The zero-order chi connectivity index (χ0) is 14.4. The third kappa shape index (κ3) is 3.77. The molecule has 0 aliphatic heterocycles. The van der Waals surface area contributed by atoms with Crippen LogP contribution in [0.1, 0.15) is 16.1 Å². The number of carbonyl (C=O) groups is 2. The Balaban J connectivity index is 1.91. The highest BCUT2D eigenvalue weighted by molar-refractivity contribution is 5.93. The second-order valence-electron chi connectivity index (χ2n) is 3.91. The molecule has 2 amide bonds. The number of nitrogens with zero attached hydrogens (tertiary/aromatic N) is 2. The largest absolute Gasteiger partial charge is 0.478 e. The summed E-state index contributed by atoms with van der Waals surface area (Å²) in [5, 5.41) is 21.5. The van der Waals surface area contributed by atoms with E-state index in [4.69, 9.17) is 5.11 Å². The number of urea groups is 1. The zero-order valence-electron chi connectivity index (χ0n) is 10.4. The fourth-order valence-electron chi connectivity index (χ4n) is 1.50. The number of carbonyl (C=O) groups excluding carboxylic acids is 1. The molecule has 0 fully saturated rings. The Hall–Kier alpha value is -2.96. The Morgan fingerprint density at radius 3 is 2.75 bits per heavy atom. The van der Waals surface area contributed by atoms with Crippen molar-refractivity contribution in [3.8, 4) is 0 Å². The Kier molecular flexibility index (Phi) is 4.23. The lowest BCUT2D eigenvalue weighted by Gasteiger charge is -2.07. The van der Waals surface area contributed by atoms with Crippen LogP contribution in [0.3, 0.4) is 0 Å². The standard InChI is InChI=1S/C13H12N4O3/c18-12(19)9-3-1-4-10(7-9)16-13(20)14-8-11-5-2-6-15-17-11/h1-7H,8H2,(H,18,19)(H2,14,16,20). The topological polar surface area (TPSA) is 104 Å². The van der Waals surface area contributed by atoms with Gasteiger partial charge < -0.3 is 15.7 Å². The van der Waals surface area contributed by atoms with Crippen LogP contribution in [0, 0.1) is 0 Å². The van der Waals surface area contributed by atoms with E-state index >= 15 is 0 Å². The summed E-state index contributed by atoms with van der Waals surface area (Å²) >= 11 is 0. The van der Waals surface area contributed by atoms with E-state index in [1.807, 2.05) is 0 Å². The number of aromatic nitrogens is 2. The van der Waals surface area contributed by atoms with Gasteiger partial charge in [0, 0.05) is 11.9 Å². The van der Waals surface area contributed by atoms with Gasteiger partial charge in [0.2, 0.25) is 0 Å². The van der Waals surface area contributed by atoms with Gasteiger partial charge in [-0.05, 0) is 30.3 Å². The van der Waals surface area contributed by atoms with Crippen molar-refractivity contribution < 1.29 is 14.7 Å². The third-order valence-corrected chi connectivity index (χ3v) is 2.42. The maximum absolute atomic E-state index is 11.6. The van der Waals surface area contributed by atoms with Gasteiger partial charge >= 0.3 is 12.0 Å². The molecule has 3 N–H and O–H groups in total. The van der Waals surface area contributed by atoms with Crippen LogP contribution in [-0.4, -0.2) is 27.3 Å². The molecule has 7 heteroatoms. The fourth-order valence-corrected chi connectivity index (χ4v) is 1.50. The molecule has 0 spiro atoms. The molecule has 0 unspecified atom stereocenters. The molecule has 7 nitrogen and oxygen atoms in total. The SMILES string of the molecule is O=C(NCc1cccnn1)Nc1cccc(C(=O)O)c1. The van der Waals surface area contributed by atoms with E-state index in [-0.39, 0.29) is 12.1 Å². The minimum Gasteiger partial charge on any atom is -0.478 e. The normalized spacial score (nSPS) is 9.80. The summed E-state index contributed by atoms with van der Waals surface area (Å²) < 4.78 is 0. The van der Waals surface area contributed by atoms with Crippen LogP contribution in [0.15, 0.2) is 42.6 Å². The number of benzene rings is 1. The van der Waals surface area contributed by atoms with Gasteiger partial charge in [0.25, 0.3) is 0 Å². The molecule has 1 aromatic carbocycles. The molecular formula is C13H12N4O3. The number of hydrogen-bond donors (Lipinski definition) is 3. The first kappa shape index (κ1) is 13.5. The molecule has 1 heterocycles. The van der Waals surface area contributed by atoms with Crippen molar-refractivity contribution in [1.29, 1.82) is 0 Å². The summed E-state index contributed by atoms with van der Waals surface area (Å²) in [4.78, 5) is 22.5. The number of aromatic carboxylic acids is 1. The number of amides is 2. The van der Waals surface area contributed by atoms with Crippen LogP contribution in [0.4, 0.5) is 10.5 Å². The molecule has 102 valence electrons. The van der Waals surface area contributed by atoms with E-state index < -0.39 is 12.0 Å². The molecule has 0 saturated heterocycles. The lowest BCUT2D eigenvalue weighted by molar-refractivity contribution is 0.0697. The van der Waals surface area contributed by atoms with Crippen molar-refractivity contribution in [3.63, 3.8) is 0 Å². The zero-order valence-corrected chi connectivity index (χ0v) is 10.4. The summed E-state index contributed by atoms with van der Waals surface area (Å²) in [5.41, 5.74) is 1.14. The highest BCUT2D eigenvalue weighted by Gasteiger charge is 2.06. The van der Waals surface area contributed by atoms with Gasteiger partial charge in [0.15, 0.2) is 0 Å². The first-order valence-corrected chi connectivity index (χ1v) is 5.80. The number of carboxylic acids is 1. The number of hydrogen-bond acceptors (Lipinski definition) is 4. The quantitative estimate of drug-likeness (QED) is 0.782. The van der Waals surface area contributed by atoms with E-state index in [2.05, 4.69) is 20.8 Å². The van der Waals surface area contributed by atoms with Crippen molar-refractivity contribution >= 4 is 17.7 Å². The number of anilines is 1. The van der Waals surface area contributed by atoms with E-state index in [1.165, 1.54) is 12.1 Å². The van der Waals surface area contributed by atoms with Crippen LogP contribution >= 0.6 is 0 Å². The van der Waals surface area contributed by atoms with E-state index in [9.17, 15) is 9.59 Å². The smallest absolute Gasteiger partial charge is 0.335 e. The van der Waals surface area contributed by atoms with Gasteiger partial charge in [-0.15, -0.1) is 0 Å². The van der Waals surface area contributed by atoms with Crippen LogP contribution < -0.4 is 10.6 Å². The molecule has 0 saturated carbocycles. The molecule has 0 aliphatic carbocycles. The predicted octanol–water partition coefficient (Wildman–Crippen LogP) is 1.50. The van der Waals surface area contributed by atoms with E-state index in [0.29, 0.717) is 11.4 Å². The average molecular weight is 272 g/mol. The first-order chi connectivity index (χ1) is 9.65. The monoisotopic (exact) mass is 272 g/mol. The molecule has 2 aromatic rings. The van der Waals surface area contributed by atoms with Gasteiger partial charge in [0.1, 0.15) is 0 Å². The predicted molar refractivity (Wildman–Crippen MR) is 71.3 cm³/mol. The van der Waals surface area contributed by atoms with Crippen molar-refractivity contribution in [2.45, 2.75) is 6.54 Å². The number of nitrogens with one attached hydrogen (secondary N) is 2. The molecule has 0 atom stereocenters. The van der Waals surface area contributed by atoms with E-state index in [0.717, 1.165) is 0 Å². The van der Waals surface area contributed by atoms with Crippen LogP contribution in [0.25, 0.3) is 0 Å². The Labute approximate surface area is 114 Å². The molecule has 0 aliphatic rings. The Morgan fingerprint density at radius 2 is 2.05 bits per heavy atom. The molecular weight excluding hydrogens is 260 g/mol. The summed E-state index contributed by atoms with van der Waals surface area (Å²) in [6.45, 7) is 0.234. The first-order valence-electron chi connectivity index (χ1n) is 5.80. The summed E-state index contributed by atoms with van der Waals surface area (Å²) in [7, 11) is 0. The molecule has 0 bridgehead atoms. The van der Waals surface area contributed by atoms with Gasteiger partial charge in [-0.1, -0.05) is 6.07 Å². The minimum absolute atomic E-state index is 0.108. The third-order valence-electron chi connectivity index (χ3n) is 2.42. The van der Waals surface area contributed by atoms with Crippen LogP contribution in [0.2, 0.25) is 0 Å². The molecule has 0 radical (unpaired) electrons. The van der Waals surface area contributed by atoms with Crippen molar-refractivity contribution in [2.24, 2.45) is 0 Å². The van der Waals surface area contributed by atoms with Crippen molar-refractivity contribution in [2.75, 3.05) is 5.32 Å². The number of carboxylic acid groups (broad SMARTS) is 1. The Bertz CT molecular complexity index is 616. The Morgan fingerprint density at radius 1 is 1.20 bits per heavy atom. The van der Waals surface area contributed by atoms with Gasteiger partial charge in [-0.25, -0.2) is 9.59 Å². The molecule has 1 aromatic heterocycles. The van der Waals surface area contributed by atoms with Crippen LogP contribution in [0.5, 0.6) is 0 Å². The average Bonchev–Trinajstić information content (AvgIpc) is 2.46. The number of rotatable bonds is 4. The van der Waals surface area contributed by atoms with Crippen molar-refractivity contribution in [1.82, 2.24) is 15.5 Å². The summed E-state index contributed by atoms with van der Waals surface area (Å²) in [5.74, 6) is -1.05.